The number of aliphatic hydroxyl groups is 1. The number of unbranched alkanes of at least 4 members (excludes halogenated alkanes) is 2. The highest BCUT2D eigenvalue weighted by atomic mass is 16.5. The molecular weight excluding hydrogens is 448 g/mol. The molecule has 0 bridgehead atoms. The molecule has 1 saturated heterocycles. The van der Waals surface area contributed by atoms with Crippen LogP contribution >= 0.6 is 0 Å². The summed E-state index contributed by atoms with van der Waals surface area (Å²) in [5.74, 6) is -0.325. The van der Waals surface area contributed by atoms with Crippen LogP contribution in [-0.2, 0) is 18.4 Å². The average molecular weight is 483 g/mol. The number of nitrogens with zero attached hydrogens (tertiary/aromatic N) is 3. The molecule has 1 aliphatic rings. The maximum Gasteiger partial charge on any atom is 0.272 e. The first-order chi connectivity index (χ1) is 16.9. The van der Waals surface area contributed by atoms with Gasteiger partial charge in [-0.15, -0.1) is 0 Å². The standard InChI is InChI=1S/C26H34N4O5/c1-4-5-8-13-30-19-10-7-6-9-18(19)22-21(26(30)34)24(35-3)23(28(22)2)25(33)27-17-11-14-29(15-12-17)20(32)16-31/h6-7,9-10,17,31H,4-5,8,11-16H2,1-3H3,(H,27,33). The number of ether oxygens (including phenoxy) is 1. The highest BCUT2D eigenvalue weighted by molar-refractivity contribution is 6.12. The Morgan fingerprint density at radius 2 is 1.89 bits per heavy atom. The Morgan fingerprint density at radius 1 is 1.17 bits per heavy atom. The lowest BCUT2D eigenvalue weighted by Crippen LogP contribution is -2.47. The second kappa shape index (κ2) is 10.5. The number of para-hydroxylation sites is 1. The van der Waals surface area contributed by atoms with Gasteiger partial charge in [-0.2, -0.15) is 0 Å². The summed E-state index contributed by atoms with van der Waals surface area (Å²) in [4.78, 5) is 40.5. The molecule has 0 spiro atoms. The lowest BCUT2D eigenvalue weighted by molar-refractivity contribution is -0.135. The highest BCUT2D eigenvalue weighted by Crippen LogP contribution is 2.34. The third-order valence-electron chi connectivity index (χ3n) is 6.98. The summed E-state index contributed by atoms with van der Waals surface area (Å²) in [5.41, 5.74) is 1.68. The molecule has 1 aliphatic heterocycles. The summed E-state index contributed by atoms with van der Waals surface area (Å²) in [7, 11) is 3.27. The molecule has 4 rings (SSSR count). The molecule has 9 heteroatoms. The number of fused-ring (bicyclic) bond motifs is 3. The summed E-state index contributed by atoms with van der Waals surface area (Å²) in [6, 6.07) is 7.66. The number of aromatic nitrogens is 2. The zero-order chi connectivity index (χ0) is 25.1. The van der Waals surface area contributed by atoms with Crippen molar-refractivity contribution in [3.8, 4) is 5.75 Å². The monoisotopic (exact) mass is 482 g/mol. The van der Waals surface area contributed by atoms with Gasteiger partial charge in [-0.3, -0.25) is 14.4 Å². The topological polar surface area (TPSA) is 106 Å². The van der Waals surface area contributed by atoms with Crippen molar-refractivity contribution in [2.75, 3.05) is 26.8 Å². The molecule has 1 aromatic carbocycles. The predicted molar refractivity (Wildman–Crippen MR) is 135 cm³/mol. The Kier molecular flexibility index (Phi) is 7.45. The molecule has 3 aromatic rings. The molecule has 1 fully saturated rings. The minimum atomic E-state index is -0.506. The number of hydrogen-bond donors (Lipinski definition) is 2. The highest BCUT2D eigenvalue weighted by Gasteiger charge is 2.30. The molecule has 0 atom stereocenters. The van der Waals surface area contributed by atoms with E-state index in [-0.39, 0.29) is 29.2 Å². The largest absolute Gasteiger partial charge is 0.493 e. The van der Waals surface area contributed by atoms with Gasteiger partial charge in [-0.1, -0.05) is 38.0 Å². The van der Waals surface area contributed by atoms with Crippen molar-refractivity contribution < 1.29 is 19.4 Å². The molecule has 35 heavy (non-hydrogen) atoms. The lowest BCUT2D eigenvalue weighted by Gasteiger charge is -2.32. The quantitative estimate of drug-likeness (QED) is 0.480. The van der Waals surface area contributed by atoms with Gasteiger partial charge >= 0.3 is 0 Å². The molecule has 2 aromatic heterocycles. The van der Waals surface area contributed by atoms with Gasteiger partial charge < -0.3 is 29.2 Å². The third-order valence-corrected chi connectivity index (χ3v) is 6.98. The van der Waals surface area contributed by atoms with Crippen LogP contribution in [0.4, 0.5) is 0 Å². The number of carbonyl (C=O) groups is 2. The van der Waals surface area contributed by atoms with E-state index in [0.717, 1.165) is 30.2 Å². The van der Waals surface area contributed by atoms with E-state index in [0.29, 0.717) is 49.1 Å². The minimum Gasteiger partial charge on any atom is -0.493 e. The Morgan fingerprint density at radius 3 is 2.54 bits per heavy atom. The second-order valence-corrected chi connectivity index (χ2v) is 9.13. The van der Waals surface area contributed by atoms with Crippen LogP contribution < -0.4 is 15.6 Å². The van der Waals surface area contributed by atoms with E-state index in [1.54, 1.807) is 21.1 Å². The number of methoxy groups -OCH3 is 1. The fourth-order valence-electron chi connectivity index (χ4n) is 5.15. The number of nitrogens with one attached hydrogen (secondary N) is 1. The fraction of sp³-hybridized carbons (Fsp3) is 0.500. The maximum absolute atomic E-state index is 13.7. The smallest absolute Gasteiger partial charge is 0.272 e. The van der Waals surface area contributed by atoms with Crippen molar-refractivity contribution in [2.45, 2.75) is 51.6 Å². The third kappa shape index (κ3) is 4.52. The van der Waals surface area contributed by atoms with E-state index < -0.39 is 6.61 Å². The molecular formula is C26H34N4O5. The molecule has 2 N–H and O–H groups in total. The van der Waals surface area contributed by atoms with Crippen molar-refractivity contribution >= 4 is 33.6 Å². The summed E-state index contributed by atoms with van der Waals surface area (Å²) >= 11 is 0. The minimum absolute atomic E-state index is 0.115. The van der Waals surface area contributed by atoms with Crippen LogP contribution in [0.5, 0.6) is 5.75 Å². The summed E-state index contributed by atoms with van der Waals surface area (Å²) < 4.78 is 9.24. The fourth-order valence-corrected chi connectivity index (χ4v) is 5.15. The van der Waals surface area contributed by atoms with Gasteiger partial charge in [-0.25, -0.2) is 0 Å². The number of benzene rings is 1. The van der Waals surface area contributed by atoms with Crippen molar-refractivity contribution in [3.05, 3.63) is 40.3 Å². The lowest BCUT2D eigenvalue weighted by atomic mass is 10.0. The van der Waals surface area contributed by atoms with Gasteiger partial charge in [0.25, 0.3) is 11.5 Å². The van der Waals surface area contributed by atoms with Gasteiger partial charge in [0.15, 0.2) is 11.4 Å². The van der Waals surface area contributed by atoms with Gasteiger partial charge in [0, 0.05) is 38.1 Å². The van der Waals surface area contributed by atoms with Crippen LogP contribution in [0.15, 0.2) is 29.1 Å². The summed E-state index contributed by atoms with van der Waals surface area (Å²) in [5, 5.41) is 13.5. The van der Waals surface area contributed by atoms with E-state index >= 15 is 0 Å². The summed E-state index contributed by atoms with van der Waals surface area (Å²) in [6.07, 6.45) is 4.17. The van der Waals surface area contributed by atoms with Crippen LogP contribution in [0.2, 0.25) is 0 Å². The number of aryl methyl sites for hydroxylation is 2. The van der Waals surface area contributed by atoms with E-state index in [4.69, 9.17) is 9.84 Å². The Bertz CT molecular complexity index is 1300. The molecule has 2 amide bonds. The van der Waals surface area contributed by atoms with Crippen LogP contribution in [0.3, 0.4) is 0 Å². The molecule has 9 nitrogen and oxygen atoms in total. The number of carbonyl (C=O) groups excluding carboxylic acids is 2. The molecule has 0 saturated carbocycles. The van der Waals surface area contributed by atoms with Gasteiger partial charge in [0.05, 0.1) is 18.1 Å². The number of piperidine rings is 1. The van der Waals surface area contributed by atoms with E-state index in [2.05, 4.69) is 12.2 Å². The van der Waals surface area contributed by atoms with Crippen molar-refractivity contribution in [1.82, 2.24) is 19.4 Å². The van der Waals surface area contributed by atoms with E-state index in [9.17, 15) is 14.4 Å². The molecule has 188 valence electrons. The SMILES string of the molecule is CCCCCn1c(=O)c2c(OC)c(C(=O)NC3CCN(C(=O)CO)CC3)n(C)c2c2ccccc21. The first-order valence-corrected chi connectivity index (χ1v) is 12.3. The zero-order valence-electron chi connectivity index (χ0n) is 20.7. The van der Waals surface area contributed by atoms with Crippen molar-refractivity contribution in [3.63, 3.8) is 0 Å². The number of rotatable bonds is 8. The number of likely N-dealkylation sites (tertiary alicyclic amines) is 1. The van der Waals surface area contributed by atoms with Crippen LogP contribution in [0.25, 0.3) is 21.8 Å². The number of aliphatic hydroxyl groups excluding tert-OH is 1. The molecule has 0 unspecified atom stereocenters. The maximum atomic E-state index is 13.7. The predicted octanol–water partition coefficient (Wildman–Crippen LogP) is 2.41. The van der Waals surface area contributed by atoms with Gasteiger partial charge in [0.2, 0.25) is 5.91 Å². The number of pyridine rings is 1. The first-order valence-electron chi connectivity index (χ1n) is 12.3. The Labute approximate surface area is 204 Å². The molecule has 0 aliphatic carbocycles. The first kappa shape index (κ1) is 24.8. The van der Waals surface area contributed by atoms with Crippen molar-refractivity contribution in [1.29, 1.82) is 0 Å². The van der Waals surface area contributed by atoms with E-state index in [1.807, 2.05) is 24.3 Å². The molecule has 0 radical (unpaired) electrons. The normalized spacial score (nSPS) is 14.6. The van der Waals surface area contributed by atoms with Crippen LogP contribution in [0.1, 0.15) is 49.5 Å². The summed E-state index contributed by atoms with van der Waals surface area (Å²) in [6.45, 7) is 3.18. The Hall–Kier alpha value is -3.33. The Balaban J connectivity index is 1.74. The van der Waals surface area contributed by atoms with E-state index in [1.165, 1.54) is 7.11 Å². The second-order valence-electron chi connectivity index (χ2n) is 9.13. The van der Waals surface area contributed by atoms with Gasteiger partial charge in [0.1, 0.15) is 12.0 Å². The number of hydrogen-bond acceptors (Lipinski definition) is 5. The van der Waals surface area contributed by atoms with Crippen LogP contribution in [0, 0.1) is 0 Å². The van der Waals surface area contributed by atoms with Crippen LogP contribution in [-0.4, -0.2) is 63.8 Å². The molecule has 3 heterocycles. The van der Waals surface area contributed by atoms with Crippen molar-refractivity contribution in [2.24, 2.45) is 7.05 Å². The van der Waals surface area contributed by atoms with Gasteiger partial charge in [-0.05, 0) is 25.3 Å². The average Bonchev–Trinajstić information content (AvgIpc) is 3.18. The zero-order valence-corrected chi connectivity index (χ0v) is 20.7. The number of amides is 2.